The maximum Gasteiger partial charge on any atom is 0.129 e. The summed E-state index contributed by atoms with van der Waals surface area (Å²) in [6, 6.07) is 8.62. The first-order valence-electron chi connectivity index (χ1n) is 7.46. The summed E-state index contributed by atoms with van der Waals surface area (Å²) in [6.45, 7) is 9.38. The lowest BCUT2D eigenvalue weighted by Crippen LogP contribution is -2.21. The Hall–Kier alpha value is -1.39. The van der Waals surface area contributed by atoms with Crippen molar-refractivity contribution in [1.82, 2.24) is 10.3 Å². The van der Waals surface area contributed by atoms with Crippen LogP contribution in [0.4, 0.5) is 5.82 Å². The van der Waals surface area contributed by atoms with Gasteiger partial charge in [-0.05, 0) is 48.5 Å². The van der Waals surface area contributed by atoms with Crippen LogP contribution in [0.2, 0.25) is 0 Å². The molecule has 0 aliphatic rings. The Morgan fingerprint density at radius 3 is 2.81 bits per heavy atom. The van der Waals surface area contributed by atoms with Gasteiger partial charge in [0.25, 0.3) is 0 Å². The molecule has 0 atom stereocenters. The van der Waals surface area contributed by atoms with Gasteiger partial charge in [0.15, 0.2) is 0 Å². The van der Waals surface area contributed by atoms with E-state index >= 15 is 0 Å². The summed E-state index contributed by atoms with van der Waals surface area (Å²) in [5.41, 5.74) is 2.38. The topological polar surface area (TPSA) is 28.2 Å². The van der Waals surface area contributed by atoms with E-state index in [4.69, 9.17) is 0 Å². The van der Waals surface area contributed by atoms with Crippen molar-refractivity contribution in [3.05, 3.63) is 45.8 Å². The van der Waals surface area contributed by atoms with Crippen LogP contribution in [0.1, 0.15) is 30.0 Å². The monoisotopic (exact) mass is 303 g/mol. The van der Waals surface area contributed by atoms with E-state index < -0.39 is 0 Å². The zero-order chi connectivity index (χ0) is 15.2. The second kappa shape index (κ2) is 7.57. The zero-order valence-corrected chi connectivity index (χ0v) is 14.2. The zero-order valence-electron chi connectivity index (χ0n) is 13.4. The number of aromatic nitrogens is 1. The minimum atomic E-state index is 0.675. The SMILES string of the molecule is Cc1cc(CNCC(C)C)cc(N(C)Cc2cccs2)n1. The molecule has 0 fully saturated rings. The van der Waals surface area contributed by atoms with E-state index in [0.29, 0.717) is 5.92 Å². The van der Waals surface area contributed by atoms with Crippen LogP contribution in [0.5, 0.6) is 0 Å². The fraction of sp³-hybridized carbons (Fsp3) is 0.471. The molecule has 4 heteroatoms. The van der Waals surface area contributed by atoms with Gasteiger partial charge in [-0.3, -0.25) is 0 Å². The molecule has 2 aromatic heterocycles. The van der Waals surface area contributed by atoms with Crippen LogP contribution in [-0.2, 0) is 13.1 Å². The van der Waals surface area contributed by atoms with Crippen molar-refractivity contribution in [2.75, 3.05) is 18.5 Å². The molecule has 1 N–H and O–H groups in total. The van der Waals surface area contributed by atoms with E-state index in [1.165, 1.54) is 10.4 Å². The molecule has 3 nitrogen and oxygen atoms in total. The molecule has 0 saturated carbocycles. The molecule has 2 heterocycles. The van der Waals surface area contributed by atoms with Crippen LogP contribution >= 0.6 is 11.3 Å². The van der Waals surface area contributed by atoms with Gasteiger partial charge >= 0.3 is 0 Å². The van der Waals surface area contributed by atoms with Crippen molar-refractivity contribution in [3.63, 3.8) is 0 Å². The molecule has 0 bridgehead atoms. The Balaban J connectivity index is 2.03. The molecule has 2 aromatic rings. The largest absolute Gasteiger partial charge is 0.355 e. The summed E-state index contributed by atoms with van der Waals surface area (Å²) in [4.78, 5) is 8.23. The summed E-state index contributed by atoms with van der Waals surface area (Å²) < 4.78 is 0. The van der Waals surface area contributed by atoms with Crippen molar-refractivity contribution >= 4 is 17.2 Å². The first kappa shape index (κ1) is 16.0. The maximum atomic E-state index is 4.66. The summed E-state index contributed by atoms with van der Waals surface area (Å²) in [5, 5.41) is 5.61. The van der Waals surface area contributed by atoms with Crippen LogP contribution in [0.15, 0.2) is 29.6 Å². The number of anilines is 1. The molecule has 21 heavy (non-hydrogen) atoms. The number of hydrogen-bond donors (Lipinski definition) is 1. The second-order valence-corrected chi connectivity index (χ2v) is 6.97. The first-order chi connectivity index (χ1) is 10.0. The van der Waals surface area contributed by atoms with E-state index in [2.05, 4.69) is 72.7 Å². The number of nitrogens with one attached hydrogen (secondary N) is 1. The normalized spacial score (nSPS) is 11.1. The third-order valence-electron chi connectivity index (χ3n) is 3.25. The number of rotatable bonds is 7. The van der Waals surface area contributed by atoms with E-state index in [1.54, 1.807) is 11.3 Å². The summed E-state index contributed by atoms with van der Waals surface area (Å²) in [6.07, 6.45) is 0. The van der Waals surface area contributed by atoms with Crippen LogP contribution in [-0.4, -0.2) is 18.6 Å². The third-order valence-corrected chi connectivity index (χ3v) is 4.11. The smallest absolute Gasteiger partial charge is 0.129 e. The minimum Gasteiger partial charge on any atom is -0.355 e. The fourth-order valence-corrected chi connectivity index (χ4v) is 3.00. The predicted molar refractivity (Wildman–Crippen MR) is 91.9 cm³/mol. The Morgan fingerprint density at radius 1 is 1.33 bits per heavy atom. The average molecular weight is 303 g/mol. The second-order valence-electron chi connectivity index (χ2n) is 5.94. The van der Waals surface area contributed by atoms with Gasteiger partial charge in [-0.2, -0.15) is 0 Å². The quantitative estimate of drug-likeness (QED) is 0.842. The van der Waals surface area contributed by atoms with Crippen molar-refractivity contribution in [3.8, 4) is 0 Å². The average Bonchev–Trinajstić information content (AvgIpc) is 2.90. The molecule has 2 rings (SSSR count). The molecule has 0 aromatic carbocycles. The lowest BCUT2D eigenvalue weighted by atomic mass is 10.2. The lowest BCUT2D eigenvalue weighted by molar-refractivity contribution is 0.552. The highest BCUT2D eigenvalue weighted by atomic mass is 32.1. The summed E-state index contributed by atoms with van der Waals surface area (Å²) in [5.74, 6) is 1.72. The number of thiophene rings is 1. The van der Waals surface area contributed by atoms with Crippen molar-refractivity contribution in [2.45, 2.75) is 33.9 Å². The standard InChI is InChI=1S/C17H25N3S/c1-13(2)10-18-11-15-8-14(3)19-17(9-15)20(4)12-16-6-5-7-21-16/h5-9,13,18H,10-12H2,1-4H3. The lowest BCUT2D eigenvalue weighted by Gasteiger charge is -2.19. The van der Waals surface area contributed by atoms with Crippen LogP contribution < -0.4 is 10.2 Å². The van der Waals surface area contributed by atoms with Gasteiger partial charge in [0.1, 0.15) is 5.82 Å². The van der Waals surface area contributed by atoms with Gasteiger partial charge in [-0.1, -0.05) is 19.9 Å². The van der Waals surface area contributed by atoms with Gasteiger partial charge in [0.2, 0.25) is 0 Å². The van der Waals surface area contributed by atoms with E-state index in [9.17, 15) is 0 Å². The number of nitrogens with zero attached hydrogens (tertiary/aromatic N) is 2. The molecule has 0 spiro atoms. The summed E-state index contributed by atoms with van der Waals surface area (Å²) >= 11 is 1.79. The third kappa shape index (κ3) is 5.14. The highest BCUT2D eigenvalue weighted by Gasteiger charge is 2.07. The van der Waals surface area contributed by atoms with Gasteiger partial charge in [-0.25, -0.2) is 4.98 Å². The first-order valence-corrected chi connectivity index (χ1v) is 8.34. The minimum absolute atomic E-state index is 0.675. The van der Waals surface area contributed by atoms with Gasteiger partial charge in [0, 0.05) is 24.2 Å². The van der Waals surface area contributed by atoms with E-state index in [0.717, 1.165) is 31.1 Å². The Kier molecular flexibility index (Phi) is 5.76. The maximum absolute atomic E-state index is 4.66. The number of pyridine rings is 1. The molecular weight excluding hydrogens is 278 g/mol. The highest BCUT2D eigenvalue weighted by Crippen LogP contribution is 2.18. The van der Waals surface area contributed by atoms with E-state index in [-0.39, 0.29) is 0 Å². The van der Waals surface area contributed by atoms with Crippen LogP contribution in [0.25, 0.3) is 0 Å². The van der Waals surface area contributed by atoms with Crippen LogP contribution in [0.3, 0.4) is 0 Å². The predicted octanol–water partition coefficient (Wildman–Crippen LogP) is 3.83. The van der Waals surface area contributed by atoms with Crippen molar-refractivity contribution in [2.24, 2.45) is 5.92 Å². The van der Waals surface area contributed by atoms with Crippen molar-refractivity contribution < 1.29 is 0 Å². The van der Waals surface area contributed by atoms with Gasteiger partial charge in [-0.15, -0.1) is 11.3 Å². The van der Waals surface area contributed by atoms with Crippen LogP contribution in [0, 0.1) is 12.8 Å². The Labute approximate surface area is 132 Å². The molecule has 0 aliphatic carbocycles. The Morgan fingerprint density at radius 2 is 2.14 bits per heavy atom. The summed E-state index contributed by atoms with van der Waals surface area (Å²) in [7, 11) is 2.10. The molecule has 0 unspecified atom stereocenters. The van der Waals surface area contributed by atoms with Gasteiger partial charge in [0.05, 0.1) is 6.54 Å². The molecular formula is C17H25N3S. The fourth-order valence-electron chi connectivity index (χ4n) is 2.24. The van der Waals surface area contributed by atoms with E-state index in [1.807, 2.05) is 0 Å². The Bertz CT molecular complexity index is 549. The van der Waals surface area contributed by atoms with Gasteiger partial charge < -0.3 is 10.2 Å². The molecule has 0 radical (unpaired) electrons. The van der Waals surface area contributed by atoms with Crippen molar-refractivity contribution in [1.29, 1.82) is 0 Å². The highest BCUT2D eigenvalue weighted by molar-refractivity contribution is 7.09. The number of aryl methyl sites for hydroxylation is 1. The molecule has 114 valence electrons. The molecule has 0 saturated heterocycles. The number of hydrogen-bond acceptors (Lipinski definition) is 4. The molecule has 0 amide bonds. The molecule has 0 aliphatic heterocycles.